The molecule has 0 amide bonds. The van der Waals surface area contributed by atoms with Crippen molar-refractivity contribution in [1.82, 2.24) is 4.98 Å². The summed E-state index contributed by atoms with van der Waals surface area (Å²) in [4.78, 5) is 4.16. The summed E-state index contributed by atoms with van der Waals surface area (Å²) in [5.74, 6) is 1.81. The lowest BCUT2D eigenvalue weighted by Gasteiger charge is -1.95. The van der Waals surface area contributed by atoms with Gasteiger partial charge in [0.2, 0.25) is 0 Å². The van der Waals surface area contributed by atoms with Crippen LogP contribution in [0.3, 0.4) is 0 Å². The topological polar surface area (TPSA) is 52.0 Å². The first kappa shape index (κ1) is 9.61. The van der Waals surface area contributed by atoms with E-state index in [1.165, 1.54) is 16.9 Å². The Morgan fingerprint density at radius 2 is 2.50 bits per heavy atom. The van der Waals surface area contributed by atoms with Crippen LogP contribution in [0.25, 0.3) is 0 Å². The van der Waals surface area contributed by atoms with E-state index in [-0.39, 0.29) is 0 Å². The van der Waals surface area contributed by atoms with Gasteiger partial charge in [-0.15, -0.1) is 0 Å². The second-order valence-corrected chi connectivity index (χ2v) is 5.13. The summed E-state index contributed by atoms with van der Waals surface area (Å²) in [6, 6.07) is 1.96. The highest BCUT2D eigenvalue weighted by Crippen LogP contribution is 2.29. The molecule has 2 rings (SSSR count). The highest BCUT2D eigenvalue weighted by atomic mass is 32.2. The molecule has 0 unspecified atom stereocenters. The number of thioether (sulfide) groups is 1. The van der Waals surface area contributed by atoms with Gasteiger partial charge < -0.3 is 10.2 Å². The molecule has 0 saturated heterocycles. The summed E-state index contributed by atoms with van der Waals surface area (Å²) in [5, 5.41) is 0.753. The zero-order valence-corrected chi connectivity index (χ0v) is 9.32. The van der Waals surface area contributed by atoms with E-state index >= 15 is 0 Å². The fraction of sp³-hybridized carbons (Fsp3) is 0.222. The van der Waals surface area contributed by atoms with Crippen molar-refractivity contribution in [2.24, 2.45) is 0 Å². The predicted octanol–water partition coefficient (Wildman–Crippen LogP) is 2.92. The Kier molecular flexibility index (Phi) is 2.79. The van der Waals surface area contributed by atoms with Gasteiger partial charge in [0.15, 0.2) is 4.34 Å². The number of hydrogen-bond donors (Lipinski definition) is 1. The van der Waals surface area contributed by atoms with Gasteiger partial charge in [-0.2, -0.15) is 0 Å². The van der Waals surface area contributed by atoms with Crippen molar-refractivity contribution in [2.75, 3.05) is 5.73 Å². The van der Waals surface area contributed by atoms with E-state index < -0.39 is 0 Å². The van der Waals surface area contributed by atoms with Crippen LogP contribution in [0.4, 0.5) is 5.00 Å². The maximum atomic E-state index is 5.58. The second kappa shape index (κ2) is 4.06. The fourth-order valence-electron chi connectivity index (χ4n) is 1.02. The minimum atomic E-state index is 0.753. The molecule has 0 bridgehead atoms. The molecule has 0 spiro atoms. The Hall–Kier alpha value is -0.940. The zero-order chi connectivity index (χ0) is 9.97. The molecule has 5 heteroatoms. The molecule has 0 atom stereocenters. The van der Waals surface area contributed by atoms with Crippen LogP contribution >= 0.6 is 23.1 Å². The first-order valence-corrected chi connectivity index (χ1v) is 5.93. The van der Waals surface area contributed by atoms with Crippen LogP contribution in [0, 0.1) is 6.92 Å². The number of aromatic nitrogens is 1. The maximum absolute atomic E-state index is 5.58. The van der Waals surface area contributed by atoms with Gasteiger partial charge in [0.25, 0.3) is 0 Å². The van der Waals surface area contributed by atoms with Gasteiger partial charge in [-0.25, -0.2) is 4.98 Å². The smallest absolute Gasteiger partial charge is 0.152 e. The molecule has 3 nitrogen and oxygen atoms in total. The van der Waals surface area contributed by atoms with Crippen LogP contribution in [0.15, 0.2) is 27.3 Å². The van der Waals surface area contributed by atoms with Crippen LogP contribution < -0.4 is 5.73 Å². The SMILES string of the molecule is Cc1ccoc1CSc1ncc(N)s1. The molecule has 0 aliphatic rings. The minimum absolute atomic E-state index is 0.753. The molecule has 0 radical (unpaired) electrons. The minimum Gasteiger partial charge on any atom is -0.468 e. The molecule has 2 aromatic heterocycles. The molecule has 0 aliphatic heterocycles. The van der Waals surface area contributed by atoms with Crippen LogP contribution in [0.1, 0.15) is 11.3 Å². The van der Waals surface area contributed by atoms with E-state index in [1.54, 1.807) is 24.2 Å². The van der Waals surface area contributed by atoms with E-state index in [2.05, 4.69) is 4.98 Å². The monoisotopic (exact) mass is 226 g/mol. The standard InChI is InChI=1S/C9H10N2OS2/c1-6-2-3-12-7(6)5-13-9-11-4-8(10)14-9/h2-4H,5,10H2,1H3. The van der Waals surface area contributed by atoms with Gasteiger partial charge in [0, 0.05) is 0 Å². The van der Waals surface area contributed by atoms with Crippen LogP contribution in [0.2, 0.25) is 0 Å². The zero-order valence-electron chi connectivity index (χ0n) is 7.69. The van der Waals surface area contributed by atoms with Gasteiger partial charge in [-0.3, -0.25) is 0 Å². The first-order valence-electron chi connectivity index (χ1n) is 4.13. The molecule has 14 heavy (non-hydrogen) atoms. The summed E-state index contributed by atoms with van der Waals surface area (Å²) >= 11 is 3.15. The van der Waals surface area contributed by atoms with Gasteiger partial charge in [0.1, 0.15) is 10.8 Å². The third-order valence-electron chi connectivity index (χ3n) is 1.80. The second-order valence-electron chi connectivity index (χ2n) is 2.84. The van der Waals surface area contributed by atoms with Crippen molar-refractivity contribution >= 4 is 28.1 Å². The summed E-state index contributed by atoms with van der Waals surface area (Å²) in [5.41, 5.74) is 6.76. The summed E-state index contributed by atoms with van der Waals surface area (Å²) < 4.78 is 6.30. The van der Waals surface area contributed by atoms with Gasteiger partial charge in [-0.1, -0.05) is 23.1 Å². The Labute approximate surface area is 90.3 Å². The van der Waals surface area contributed by atoms with Crippen molar-refractivity contribution in [3.63, 3.8) is 0 Å². The lowest BCUT2D eigenvalue weighted by atomic mass is 10.3. The number of nitrogen functional groups attached to an aromatic ring is 1. The highest BCUT2D eigenvalue weighted by Gasteiger charge is 2.05. The van der Waals surface area contributed by atoms with E-state index in [9.17, 15) is 0 Å². The van der Waals surface area contributed by atoms with Crippen LogP contribution in [-0.2, 0) is 5.75 Å². The van der Waals surface area contributed by atoms with Gasteiger partial charge in [0.05, 0.1) is 18.2 Å². The number of nitrogens with zero attached hydrogens (tertiary/aromatic N) is 1. The Morgan fingerprint density at radius 3 is 3.07 bits per heavy atom. The van der Waals surface area contributed by atoms with Crippen LogP contribution in [0.5, 0.6) is 0 Å². The predicted molar refractivity (Wildman–Crippen MR) is 59.5 cm³/mol. The third kappa shape index (κ3) is 2.10. The average Bonchev–Trinajstić information content (AvgIpc) is 2.72. The number of nitrogens with two attached hydrogens (primary N) is 1. The normalized spacial score (nSPS) is 10.6. The number of thiazole rings is 1. The van der Waals surface area contributed by atoms with Crippen LogP contribution in [-0.4, -0.2) is 4.98 Å². The van der Waals surface area contributed by atoms with E-state index in [0.717, 1.165) is 20.9 Å². The molecular formula is C9H10N2OS2. The summed E-state index contributed by atoms with van der Waals surface area (Å²) in [6.07, 6.45) is 3.39. The number of hydrogen-bond acceptors (Lipinski definition) is 5. The molecule has 0 saturated carbocycles. The molecular weight excluding hydrogens is 216 g/mol. The molecule has 0 aromatic carbocycles. The van der Waals surface area contributed by atoms with E-state index in [1.807, 2.05) is 13.0 Å². The summed E-state index contributed by atoms with van der Waals surface area (Å²) in [7, 11) is 0. The van der Waals surface area contributed by atoms with Crippen molar-refractivity contribution in [3.8, 4) is 0 Å². The Bertz CT molecular complexity index is 422. The van der Waals surface area contributed by atoms with Gasteiger partial charge in [-0.05, 0) is 18.6 Å². The average molecular weight is 226 g/mol. The van der Waals surface area contributed by atoms with Crippen molar-refractivity contribution in [3.05, 3.63) is 29.9 Å². The fourth-order valence-corrected chi connectivity index (χ4v) is 2.81. The lowest BCUT2D eigenvalue weighted by Crippen LogP contribution is -1.78. The molecule has 2 heterocycles. The number of rotatable bonds is 3. The van der Waals surface area contributed by atoms with E-state index in [4.69, 9.17) is 10.2 Å². The molecule has 2 N–H and O–H groups in total. The highest BCUT2D eigenvalue weighted by molar-refractivity contribution is 8.00. The quantitative estimate of drug-likeness (QED) is 0.818. The third-order valence-corrected chi connectivity index (χ3v) is 3.78. The molecule has 74 valence electrons. The maximum Gasteiger partial charge on any atom is 0.152 e. The molecule has 2 aromatic rings. The van der Waals surface area contributed by atoms with Crippen molar-refractivity contribution < 1.29 is 4.42 Å². The van der Waals surface area contributed by atoms with Gasteiger partial charge >= 0.3 is 0 Å². The first-order chi connectivity index (χ1) is 6.75. The largest absolute Gasteiger partial charge is 0.468 e. The number of anilines is 1. The molecule has 0 fully saturated rings. The lowest BCUT2D eigenvalue weighted by molar-refractivity contribution is 0.528. The van der Waals surface area contributed by atoms with Crippen molar-refractivity contribution in [2.45, 2.75) is 17.0 Å². The Balaban J connectivity index is 1.98. The Morgan fingerprint density at radius 1 is 1.64 bits per heavy atom. The van der Waals surface area contributed by atoms with E-state index in [0.29, 0.717) is 0 Å². The van der Waals surface area contributed by atoms with Crippen molar-refractivity contribution in [1.29, 1.82) is 0 Å². The molecule has 0 aliphatic carbocycles. The summed E-state index contributed by atoms with van der Waals surface area (Å²) in [6.45, 7) is 2.04. The number of aryl methyl sites for hydroxylation is 1. The number of furan rings is 1.